The Balaban J connectivity index is 1.96. The molecule has 8 heteroatoms. The van der Waals surface area contributed by atoms with Crippen molar-refractivity contribution in [3.8, 4) is 6.07 Å². The van der Waals surface area contributed by atoms with Gasteiger partial charge in [0.1, 0.15) is 11.5 Å². The average molecular weight is 399 g/mol. The Hall–Kier alpha value is -3.73. The van der Waals surface area contributed by atoms with Crippen LogP contribution in [0, 0.1) is 17.1 Å². The van der Waals surface area contributed by atoms with E-state index in [1.54, 1.807) is 0 Å². The molecule has 2 aromatic carbocycles. The third-order valence-electron chi connectivity index (χ3n) is 4.18. The number of carbonyl (C=O) groups is 1. The Kier molecular flexibility index (Phi) is 5.59. The number of halogens is 4. The van der Waals surface area contributed by atoms with Crippen LogP contribution in [0.5, 0.6) is 0 Å². The van der Waals surface area contributed by atoms with E-state index in [1.807, 2.05) is 6.07 Å². The maximum atomic E-state index is 14.3. The second-order valence-electron chi connectivity index (χ2n) is 6.09. The van der Waals surface area contributed by atoms with E-state index >= 15 is 0 Å². The molecular formula is C21H13F4N3O. The molecule has 1 aromatic heterocycles. The number of benzene rings is 2. The zero-order chi connectivity index (χ0) is 21.0. The molecule has 0 aliphatic carbocycles. The predicted octanol–water partition coefficient (Wildman–Crippen LogP) is 4.63. The van der Waals surface area contributed by atoms with E-state index in [0.29, 0.717) is 5.56 Å². The minimum atomic E-state index is -4.52. The standard InChI is InChI=1S/C21H13F4N3O/c22-17-2-1-11-27-19(17)18(14-7-9-16(10-8-14)21(23,24)25)28-20(29)15-5-3-13(12-26)4-6-15/h1-11,18H,(H,28,29)/t18-/m0/s1. The molecule has 1 N–H and O–H groups in total. The molecule has 0 aliphatic heterocycles. The number of nitriles is 1. The average Bonchev–Trinajstić information content (AvgIpc) is 2.72. The van der Waals surface area contributed by atoms with Crippen molar-refractivity contribution in [1.29, 1.82) is 5.26 Å². The number of amides is 1. The van der Waals surface area contributed by atoms with Gasteiger partial charge >= 0.3 is 6.18 Å². The summed E-state index contributed by atoms with van der Waals surface area (Å²) in [6.07, 6.45) is -3.20. The van der Waals surface area contributed by atoms with Crippen molar-refractivity contribution in [2.24, 2.45) is 0 Å². The van der Waals surface area contributed by atoms with Crippen LogP contribution in [0.1, 0.15) is 38.8 Å². The molecule has 1 amide bonds. The van der Waals surface area contributed by atoms with Crippen LogP contribution in [0.25, 0.3) is 0 Å². The van der Waals surface area contributed by atoms with E-state index in [2.05, 4.69) is 10.3 Å². The van der Waals surface area contributed by atoms with Crippen molar-refractivity contribution in [3.63, 3.8) is 0 Å². The van der Waals surface area contributed by atoms with E-state index < -0.39 is 29.5 Å². The SMILES string of the molecule is N#Cc1ccc(C(=O)N[C@@H](c2ccc(C(F)(F)F)cc2)c2ncccc2F)cc1. The van der Waals surface area contributed by atoms with Gasteiger partial charge < -0.3 is 5.32 Å². The third-order valence-corrected chi connectivity index (χ3v) is 4.18. The Labute approximate surface area is 163 Å². The fourth-order valence-corrected chi connectivity index (χ4v) is 2.69. The first-order chi connectivity index (χ1) is 13.8. The Morgan fingerprint density at radius 3 is 2.24 bits per heavy atom. The first-order valence-electron chi connectivity index (χ1n) is 8.38. The van der Waals surface area contributed by atoms with Gasteiger partial charge in [-0.15, -0.1) is 0 Å². The fourth-order valence-electron chi connectivity index (χ4n) is 2.69. The lowest BCUT2D eigenvalue weighted by molar-refractivity contribution is -0.137. The van der Waals surface area contributed by atoms with E-state index in [9.17, 15) is 22.4 Å². The van der Waals surface area contributed by atoms with Crippen molar-refractivity contribution in [1.82, 2.24) is 10.3 Å². The summed E-state index contributed by atoms with van der Waals surface area (Å²) in [5.74, 6) is -1.30. The first kappa shape index (κ1) is 20.0. The number of hydrogen-bond donors (Lipinski definition) is 1. The molecular weight excluding hydrogens is 386 g/mol. The number of hydrogen-bond acceptors (Lipinski definition) is 3. The number of nitrogens with one attached hydrogen (secondary N) is 1. The number of rotatable bonds is 4. The Morgan fingerprint density at radius 1 is 1.03 bits per heavy atom. The van der Waals surface area contributed by atoms with Crippen LogP contribution in [-0.2, 0) is 6.18 Å². The number of carbonyl (C=O) groups excluding carboxylic acids is 1. The van der Waals surface area contributed by atoms with Crippen LogP contribution in [0.3, 0.4) is 0 Å². The second-order valence-corrected chi connectivity index (χ2v) is 6.09. The predicted molar refractivity (Wildman–Crippen MR) is 96.1 cm³/mol. The van der Waals surface area contributed by atoms with Gasteiger partial charge in [-0.3, -0.25) is 9.78 Å². The lowest BCUT2D eigenvalue weighted by atomic mass is 10.00. The van der Waals surface area contributed by atoms with Gasteiger partial charge in [0.05, 0.1) is 23.2 Å². The third kappa shape index (κ3) is 4.58. The quantitative estimate of drug-likeness (QED) is 0.651. The second kappa shape index (κ2) is 8.10. The summed E-state index contributed by atoms with van der Waals surface area (Å²) in [5, 5.41) is 11.4. The molecule has 1 heterocycles. The molecule has 0 saturated carbocycles. The Morgan fingerprint density at radius 2 is 1.69 bits per heavy atom. The van der Waals surface area contributed by atoms with Gasteiger partial charge in [0.15, 0.2) is 0 Å². The zero-order valence-corrected chi connectivity index (χ0v) is 14.7. The number of nitrogens with zero attached hydrogens (tertiary/aromatic N) is 2. The maximum absolute atomic E-state index is 14.3. The van der Waals surface area contributed by atoms with E-state index in [0.717, 1.165) is 18.2 Å². The highest BCUT2D eigenvalue weighted by Crippen LogP contribution is 2.31. The molecule has 3 aromatic rings. The van der Waals surface area contributed by atoms with Gasteiger partial charge in [-0.05, 0) is 54.1 Å². The summed E-state index contributed by atoms with van der Waals surface area (Å²) in [6, 6.07) is 13.1. The highest BCUT2D eigenvalue weighted by atomic mass is 19.4. The summed E-state index contributed by atoms with van der Waals surface area (Å²) in [5.41, 5.74) is -0.194. The molecule has 0 spiro atoms. The lowest BCUT2D eigenvalue weighted by Crippen LogP contribution is -2.30. The van der Waals surface area contributed by atoms with E-state index in [-0.39, 0.29) is 16.8 Å². The van der Waals surface area contributed by atoms with Crippen molar-refractivity contribution in [2.45, 2.75) is 12.2 Å². The summed E-state index contributed by atoms with van der Waals surface area (Å²) in [6.45, 7) is 0. The maximum Gasteiger partial charge on any atom is 0.416 e. The monoisotopic (exact) mass is 399 g/mol. The van der Waals surface area contributed by atoms with Crippen molar-refractivity contribution in [3.05, 3.63) is 101 Å². The molecule has 3 rings (SSSR count). The van der Waals surface area contributed by atoms with E-state index in [1.165, 1.54) is 48.7 Å². The van der Waals surface area contributed by atoms with Gasteiger partial charge in [0, 0.05) is 11.8 Å². The van der Waals surface area contributed by atoms with Gasteiger partial charge in [-0.25, -0.2) is 4.39 Å². The first-order valence-corrected chi connectivity index (χ1v) is 8.38. The molecule has 0 radical (unpaired) electrons. The van der Waals surface area contributed by atoms with Gasteiger partial charge in [-0.1, -0.05) is 12.1 Å². The molecule has 29 heavy (non-hydrogen) atoms. The summed E-state index contributed by atoms with van der Waals surface area (Å²) in [4.78, 5) is 16.6. The lowest BCUT2D eigenvalue weighted by Gasteiger charge is -2.20. The summed E-state index contributed by atoms with van der Waals surface area (Å²) < 4.78 is 52.8. The van der Waals surface area contributed by atoms with Crippen molar-refractivity contribution < 1.29 is 22.4 Å². The van der Waals surface area contributed by atoms with Crippen LogP contribution < -0.4 is 5.32 Å². The van der Waals surface area contributed by atoms with Gasteiger partial charge in [-0.2, -0.15) is 18.4 Å². The minimum absolute atomic E-state index is 0.130. The fraction of sp³-hybridized carbons (Fsp3) is 0.0952. The summed E-state index contributed by atoms with van der Waals surface area (Å²) >= 11 is 0. The topological polar surface area (TPSA) is 65.8 Å². The zero-order valence-electron chi connectivity index (χ0n) is 14.7. The number of aromatic nitrogens is 1. The van der Waals surface area contributed by atoms with Crippen LogP contribution >= 0.6 is 0 Å². The van der Waals surface area contributed by atoms with Gasteiger partial charge in [0.25, 0.3) is 5.91 Å². The van der Waals surface area contributed by atoms with E-state index in [4.69, 9.17) is 5.26 Å². The van der Waals surface area contributed by atoms with Crippen LogP contribution in [0.4, 0.5) is 17.6 Å². The van der Waals surface area contributed by atoms with Crippen LogP contribution in [-0.4, -0.2) is 10.9 Å². The molecule has 0 bridgehead atoms. The molecule has 1 atom stereocenters. The molecule has 146 valence electrons. The van der Waals surface area contributed by atoms with Crippen molar-refractivity contribution in [2.75, 3.05) is 0 Å². The smallest absolute Gasteiger partial charge is 0.339 e. The highest BCUT2D eigenvalue weighted by molar-refractivity contribution is 5.94. The van der Waals surface area contributed by atoms with Crippen LogP contribution in [0.15, 0.2) is 66.9 Å². The molecule has 4 nitrogen and oxygen atoms in total. The highest BCUT2D eigenvalue weighted by Gasteiger charge is 2.31. The molecule has 0 saturated heterocycles. The molecule has 0 unspecified atom stereocenters. The number of pyridine rings is 1. The molecule has 0 fully saturated rings. The molecule has 0 aliphatic rings. The summed E-state index contributed by atoms with van der Waals surface area (Å²) in [7, 11) is 0. The minimum Gasteiger partial charge on any atom is -0.339 e. The number of alkyl halides is 3. The van der Waals surface area contributed by atoms with Crippen LogP contribution in [0.2, 0.25) is 0 Å². The normalized spacial score (nSPS) is 12.1. The van der Waals surface area contributed by atoms with Crippen molar-refractivity contribution >= 4 is 5.91 Å². The van der Waals surface area contributed by atoms with Gasteiger partial charge in [0.2, 0.25) is 0 Å². The largest absolute Gasteiger partial charge is 0.416 e. The Bertz CT molecular complexity index is 1060.